The molecule has 0 unspecified atom stereocenters. The summed E-state index contributed by atoms with van der Waals surface area (Å²) >= 11 is 3.19. The van der Waals surface area contributed by atoms with Gasteiger partial charge in [0.15, 0.2) is 0 Å². The topological polar surface area (TPSA) is 75.6 Å². The van der Waals surface area contributed by atoms with Gasteiger partial charge in [0.05, 0.1) is 11.6 Å². The van der Waals surface area contributed by atoms with E-state index in [2.05, 4.69) is 26.0 Å². The number of methoxy groups -OCH3 is 1. The summed E-state index contributed by atoms with van der Waals surface area (Å²) in [5.74, 6) is -0.689. The van der Waals surface area contributed by atoms with Gasteiger partial charge in [-0.1, -0.05) is 6.07 Å². The normalized spacial score (nSPS) is 11.7. The Morgan fingerprint density at radius 1 is 1.50 bits per heavy atom. The molecule has 1 aromatic rings. The summed E-state index contributed by atoms with van der Waals surface area (Å²) in [6.07, 6.45) is 0.297. The number of ether oxygens (including phenoxy) is 1. The molecule has 0 saturated heterocycles. The molecule has 1 rings (SSSR count). The Balaban J connectivity index is 2.85. The van der Waals surface area contributed by atoms with E-state index in [1.807, 2.05) is 0 Å². The average Bonchev–Trinajstić information content (AvgIpc) is 2.31. The predicted molar refractivity (Wildman–Crippen MR) is 69.1 cm³/mol. The van der Waals surface area contributed by atoms with E-state index in [-0.39, 0.29) is 11.7 Å². The third-order valence-electron chi connectivity index (χ3n) is 2.32. The minimum Gasteiger partial charge on any atom is -0.507 e. The molecule has 2 N–H and O–H groups in total. The van der Waals surface area contributed by atoms with E-state index in [0.717, 1.165) is 5.56 Å². The van der Waals surface area contributed by atoms with Crippen molar-refractivity contribution in [3.8, 4) is 5.75 Å². The number of phenolic OH excluding ortho intramolecular Hbond substituents is 1. The number of amides is 1. The van der Waals surface area contributed by atoms with Gasteiger partial charge >= 0.3 is 5.97 Å². The maximum Gasteiger partial charge on any atom is 0.328 e. The number of carbonyl (C=O) groups excluding carboxylic acids is 2. The highest BCUT2D eigenvalue weighted by atomic mass is 79.9. The van der Waals surface area contributed by atoms with E-state index >= 15 is 0 Å². The molecule has 1 amide bonds. The number of hydrogen-bond acceptors (Lipinski definition) is 4. The number of rotatable bonds is 4. The molecular weight excluding hydrogens is 302 g/mol. The van der Waals surface area contributed by atoms with Crippen LogP contribution < -0.4 is 5.32 Å². The van der Waals surface area contributed by atoms with Crippen molar-refractivity contribution >= 4 is 27.8 Å². The Bertz CT molecular complexity index is 461. The molecule has 0 aliphatic carbocycles. The van der Waals surface area contributed by atoms with Gasteiger partial charge in [-0.15, -0.1) is 0 Å². The van der Waals surface area contributed by atoms with Gasteiger partial charge in [0, 0.05) is 13.3 Å². The van der Waals surface area contributed by atoms with E-state index in [0.29, 0.717) is 10.9 Å². The van der Waals surface area contributed by atoms with Crippen molar-refractivity contribution in [1.29, 1.82) is 0 Å². The maximum absolute atomic E-state index is 11.5. The van der Waals surface area contributed by atoms with Crippen LogP contribution in [0.25, 0.3) is 0 Å². The second-order valence-electron chi connectivity index (χ2n) is 3.77. The van der Waals surface area contributed by atoms with Gasteiger partial charge in [-0.25, -0.2) is 4.79 Å². The Labute approximate surface area is 113 Å². The Morgan fingerprint density at radius 2 is 2.17 bits per heavy atom. The lowest BCUT2D eigenvalue weighted by Gasteiger charge is -2.15. The number of aromatic hydroxyl groups is 1. The monoisotopic (exact) mass is 315 g/mol. The van der Waals surface area contributed by atoms with Crippen LogP contribution in [0.5, 0.6) is 5.75 Å². The van der Waals surface area contributed by atoms with Crippen molar-refractivity contribution in [1.82, 2.24) is 5.32 Å². The molecule has 18 heavy (non-hydrogen) atoms. The third kappa shape index (κ3) is 4.03. The van der Waals surface area contributed by atoms with Crippen LogP contribution in [0.15, 0.2) is 22.7 Å². The second kappa shape index (κ2) is 6.39. The van der Waals surface area contributed by atoms with Crippen molar-refractivity contribution in [2.24, 2.45) is 0 Å². The quantitative estimate of drug-likeness (QED) is 0.823. The number of phenols is 1. The first-order valence-electron chi connectivity index (χ1n) is 5.26. The van der Waals surface area contributed by atoms with Crippen LogP contribution in [0.1, 0.15) is 12.5 Å². The van der Waals surface area contributed by atoms with Gasteiger partial charge in [0.2, 0.25) is 5.91 Å². The van der Waals surface area contributed by atoms with E-state index in [9.17, 15) is 14.7 Å². The summed E-state index contributed by atoms with van der Waals surface area (Å²) in [6.45, 7) is 1.34. The summed E-state index contributed by atoms with van der Waals surface area (Å²) < 4.78 is 5.16. The molecule has 0 fully saturated rings. The van der Waals surface area contributed by atoms with Crippen LogP contribution in [0.4, 0.5) is 0 Å². The summed E-state index contributed by atoms with van der Waals surface area (Å²) in [5, 5.41) is 11.9. The fraction of sp³-hybridized carbons (Fsp3) is 0.333. The van der Waals surface area contributed by atoms with Crippen LogP contribution in [-0.4, -0.2) is 30.1 Å². The second-order valence-corrected chi connectivity index (χ2v) is 4.62. The Morgan fingerprint density at radius 3 is 2.67 bits per heavy atom. The molecule has 98 valence electrons. The predicted octanol–water partition coefficient (Wildman–Crippen LogP) is 1.37. The molecule has 1 aromatic carbocycles. The standard InChI is InChI=1S/C12H14BrNO4/c1-7(15)14-10(12(17)18-2)6-8-3-4-11(16)9(13)5-8/h3-5,10,16H,6H2,1-2H3,(H,14,15)/t10-/m0/s1. The average molecular weight is 316 g/mol. The largest absolute Gasteiger partial charge is 0.507 e. The summed E-state index contributed by atoms with van der Waals surface area (Å²) in [4.78, 5) is 22.5. The van der Waals surface area contributed by atoms with Crippen molar-refractivity contribution in [3.05, 3.63) is 28.2 Å². The lowest BCUT2D eigenvalue weighted by Crippen LogP contribution is -2.41. The molecular formula is C12H14BrNO4. The number of hydrogen-bond donors (Lipinski definition) is 2. The highest BCUT2D eigenvalue weighted by Gasteiger charge is 2.20. The van der Waals surface area contributed by atoms with Gasteiger partial charge in [0.25, 0.3) is 0 Å². The van der Waals surface area contributed by atoms with E-state index < -0.39 is 12.0 Å². The van der Waals surface area contributed by atoms with Crippen LogP contribution >= 0.6 is 15.9 Å². The SMILES string of the molecule is COC(=O)[C@H](Cc1ccc(O)c(Br)c1)NC(C)=O. The zero-order chi connectivity index (χ0) is 13.7. The minimum absolute atomic E-state index is 0.118. The van der Waals surface area contributed by atoms with E-state index in [1.54, 1.807) is 12.1 Å². The van der Waals surface area contributed by atoms with Crippen LogP contribution in [0.2, 0.25) is 0 Å². The highest BCUT2D eigenvalue weighted by Crippen LogP contribution is 2.24. The first kappa shape index (κ1) is 14.5. The van der Waals surface area contributed by atoms with Crippen molar-refractivity contribution in [3.63, 3.8) is 0 Å². The maximum atomic E-state index is 11.5. The molecule has 0 aliphatic heterocycles. The zero-order valence-corrected chi connectivity index (χ0v) is 11.7. The molecule has 0 spiro atoms. The Hall–Kier alpha value is -1.56. The van der Waals surface area contributed by atoms with E-state index in [4.69, 9.17) is 0 Å². The van der Waals surface area contributed by atoms with Crippen molar-refractivity contribution < 1.29 is 19.4 Å². The zero-order valence-electron chi connectivity index (χ0n) is 10.1. The number of halogens is 1. The van der Waals surface area contributed by atoms with Gasteiger partial charge < -0.3 is 15.2 Å². The molecule has 6 heteroatoms. The van der Waals surface area contributed by atoms with Gasteiger partial charge in [0.1, 0.15) is 11.8 Å². The van der Waals surface area contributed by atoms with Crippen LogP contribution in [0.3, 0.4) is 0 Å². The summed E-state index contributed by atoms with van der Waals surface area (Å²) in [6, 6.07) is 4.15. The van der Waals surface area contributed by atoms with Crippen LogP contribution in [0, 0.1) is 0 Å². The minimum atomic E-state index is -0.732. The highest BCUT2D eigenvalue weighted by molar-refractivity contribution is 9.10. The number of carbonyl (C=O) groups is 2. The molecule has 0 aromatic heterocycles. The van der Waals surface area contributed by atoms with Gasteiger partial charge in [-0.05, 0) is 33.6 Å². The first-order chi connectivity index (χ1) is 8.43. The fourth-order valence-corrected chi connectivity index (χ4v) is 1.92. The molecule has 0 radical (unpaired) electrons. The summed E-state index contributed by atoms with van der Waals surface area (Å²) in [7, 11) is 1.27. The van der Waals surface area contributed by atoms with E-state index in [1.165, 1.54) is 20.1 Å². The molecule has 5 nitrogen and oxygen atoms in total. The third-order valence-corrected chi connectivity index (χ3v) is 2.95. The van der Waals surface area contributed by atoms with Gasteiger partial charge in [-0.2, -0.15) is 0 Å². The number of nitrogens with one attached hydrogen (secondary N) is 1. The summed E-state index contributed by atoms with van der Waals surface area (Å²) in [5.41, 5.74) is 0.795. The number of benzene rings is 1. The lowest BCUT2D eigenvalue weighted by atomic mass is 10.1. The smallest absolute Gasteiger partial charge is 0.328 e. The van der Waals surface area contributed by atoms with Crippen molar-refractivity contribution in [2.75, 3.05) is 7.11 Å². The molecule has 1 atom stereocenters. The number of esters is 1. The molecule has 0 bridgehead atoms. The van der Waals surface area contributed by atoms with Gasteiger partial charge in [-0.3, -0.25) is 4.79 Å². The first-order valence-corrected chi connectivity index (χ1v) is 6.05. The molecule has 0 saturated carbocycles. The van der Waals surface area contributed by atoms with Crippen molar-refractivity contribution in [2.45, 2.75) is 19.4 Å². The molecule has 0 heterocycles. The molecule has 0 aliphatic rings. The lowest BCUT2D eigenvalue weighted by molar-refractivity contribution is -0.144. The van der Waals surface area contributed by atoms with Crippen LogP contribution in [-0.2, 0) is 20.7 Å². The fourth-order valence-electron chi connectivity index (χ4n) is 1.49. The Kier molecular flexibility index (Phi) is 5.15.